The quantitative estimate of drug-likeness (QED) is 0.657. The van der Waals surface area contributed by atoms with Gasteiger partial charge in [-0.1, -0.05) is 43.6 Å². The molecule has 166 valence electrons. The van der Waals surface area contributed by atoms with Gasteiger partial charge in [0.25, 0.3) is 11.8 Å². The van der Waals surface area contributed by atoms with Crippen LogP contribution in [0.1, 0.15) is 46.7 Å². The van der Waals surface area contributed by atoms with Gasteiger partial charge in [-0.25, -0.2) is 0 Å². The summed E-state index contributed by atoms with van der Waals surface area (Å²) >= 11 is 7.60. The lowest BCUT2D eigenvalue weighted by Crippen LogP contribution is -2.54. The highest BCUT2D eigenvalue weighted by molar-refractivity contribution is 7.12. The van der Waals surface area contributed by atoms with Gasteiger partial charge in [0.1, 0.15) is 6.04 Å². The maximum absolute atomic E-state index is 13.0. The van der Waals surface area contributed by atoms with Gasteiger partial charge in [-0.05, 0) is 48.3 Å². The number of rotatable bonds is 7. The number of nitrogens with zero attached hydrogens (tertiary/aromatic N) is 1. The zero-order valence-corrected chi connectivity index (χ0v) is 19.3. The largest absolute Gasteiger partial charge is 0.354 e. The van der Waals surface area contributed by atoms with Crippen LogP contribution in [0, 0.1) is 11.8 Å². The number of nitrogens with one attached hydrogen (secondary N) is 2. The van der Waals surface area contributed by atoms with E-state index >= 15 is 0 Å². The van der Waals surface area contributed by atoms with Crippen molar-refractivity contribution in [2.45, 2.75) is 32.7 Å². The third-order valence-electron chi connectivity index (χ3n) is 5.40. The second-order valence-corrected chi connectivity index (χ2v) is 9.53. The van der Waals surface area contributed by atoms with Crippen LogP contribution in [0.2, 0.25) is 5.02 Å². The number of benzene rings is 1. The van der Waals surface area contributed by atoms with Crippen LogP contribution in [0.15, 0.2) is 41.8 Å². The first kappa shape index (κ1) is 23.3. The Kier molecular flexibility index (Phi) is 8.09. The summed E-state index contributed by atoms with van der Waals surface area (Å²) in [5.74, 6) is -0.306. The van der Waals surface area contributed by atoms with Gasteiger partial charge in [-0.15, -0.1) is 11.3 Å². The highest BCUT2D eigenvalue weighted by Gasteiger charge is 2.34. The molecule has 0 aliphatic carbocycles. The minimum atomic E-state index is -0.679. The van der Waals surface area contributed by atoms with Gasteiger partial charge in [-0.3, -0.25) is 14.4 Å². The molecule has 0 radical (unpaired) electrons. The van der Waals surface area contributed by atoms with Crippen molar-refractivity contribution >= 4 is 40.7 Å². The average molecular weight is 462 g/mol. The maximum Gasteiger partial charge on any atom is 0.263 e. The Hall–Kier alpha value is -2.38. The summed E-state index contributed by atoms with van der Waals surface area (Å²) in [7, 11) is 0. The van der Waals surface area contributed by atoms with Crippen molar-refractivity contribution in [3.8, 4) is 0 Å². The van der Waals surface area contributed by atoms with Crippen molar-refractivity contribution in [2.24, 2.45) is 11.8 Å². The molecule has 1 aliphatic rings. The predicted molar refractivity (Wildman–Crippen MR) is 124 cm³/mol. The highest BCUT2D eigenvalue weighted by atomic mass is 35.5. The van der Waals surface area contributed by atoms with Crippen LogP contribution < -0.4 is 10.6 Å². The van der Waals surface area contributed by atoms with Crippen LogP contribution in [-0.4, -0.2) is 48.3 Å². The van der Waals surface area contributed by atoms with Gasteiger partial charge in [-0.2, -0.15) is 0 Å². The van der Waals surface area contributed by atoms with E-state index in [1.165, 1.54) is 11.3 Å². The Balaban J connectivity index is 1.69. The van der Waals surface area contributed by atoms with Gasteiger partial charge in [0, 0.05) is 19.6 Å². The summed E-state index contributed by atoms with van der Waals surface area (Å²) in [5.41, 5.74) is 0.344. The van der Waals surface area contributed by atoms with Crippen molar-refractivity contribution in [1.29, 1.82) is 0 Å². The minimum absolute atomic E-state index is 0.0226. The van der Waals surface area contributed by atoms with Crippen LogP contribution in [0.4, 0.5) is 0 Å². The number of thiophene rings is 1. The zero-order chi connectivity index (χ0) is 22.4. The van der Waals surface area contributed by atoms with Gasteiger partial charge in [0.15, 0.2) is 0 Å². The predicted octanol–water partition coefficient (Wildman–Crippen LogP) is 3.82. The van der Waals surface area contributed by atoms with E-state index in [1.807, 2.05) is 36.3 Å². The molecule has 31 heavy (non-hydrogen) atoms. The van der Waals surface area contributed by atoms with Crippen molar-refractivity contribution < 1.29 is 14.4 Å². The van der Waals surface area contributed by atoms with E-state index in [2.05, 4.69) is 10.6 Å². The Morgan fingerprint density at radius 1 is 1.13 bits per heavy atom. The first-order valence-electron chi connectivity index (χ1n) is 10.5. The van der Waals surface area contributed by atoms with Crippen LogP contribution >= 0.6 is 22.9 Å². The topological polar surface area (TPSA) is 78.5 Å². The summed E-state index contributed by atoms with van der Waals surface area (Å²) < 4.78 is 0. The lowest BCUT2D eigenvalue weighted by Gasteiger charge is -2.35. The molecule has 8 heteroatoms. The van der Waals surface area contributed by atoms with Crippen molar-refractivity contribution in [3.05, 3.63) is 57.2 Å². The molecule has 0 unspecified atom stereocenters. The van der Waals surface area contributed by atoms with Gasteiger partial charge in [0.2, 0.25) is 5.91 Å². The second kappa shape index (κ2) is 10.8. The highest BCUT2D eigenvalue weighted by Crippen LogP contribution is 2.24. The van der Waals surface area contributed by atoms with E-state index in [-0.39, 0.29) is 23.6 Å². The molecular weight excluding hydrogens is 434 g/mol. The number of likely N-dealkylation sites (tertiary alicyclic amines) is 1. The zero-order valence-electron chi connectivity index (χ0n) is 17.8. The molecule has 1 aromatic carbocycles. The Morgan fingerprint density at radius 2 is 1.84 bits per heavy atom. The van der Waals surface area contributed by atoms with Crippen molar-refractivity contribution in [3.63, 3.8) is 0 Å². The number of amides is 3. The first-order chi connectivity index (χ1) is 14.9. The fraction of sp³-hybridized carbons (Fsp3) is 0.435. The fourth-order valence-corrected chi connectivity index (χ4v) is 4.58. The van der Waals surface area contributed by atoms with E-state index in [4.69, 9.17) is 11.6 Å². The van der Waals surface area contributed by atoms with Crippen LogP contribution in [0.25, 0.3) is 0 Å². The van der Waals surface area contributed by atoms with E-state index in [0.717, 1.165) is 4.88 Å². The number of hydrogen-bond donors (Lipinski definition) is 2. The number of carbonyl (C=O) groups is 3. The molecule has 2 N–H and O–H groups in total. The number of halogens is 1. The van der Waals surface area contributed by atoms with E-state index in [0.29, 0.717) is 49.0 Å². The molecule has 1 fully saturated rings. The lowest BCUT2D eigenvalue weighted by molar-refractivity contribution is -0.124. The summed E-state index contributed by atoms with van der Waals surface area (Å²) in [5, 5.41) is 8.08. The molecule has 0 spiro atoms. The van der Waals surface area contributed by atoms with Gasteiger partial charge in [0.05, 0.1) is 15.5 Å². The molecule has 6 nitrogen and oxygen atoms in total. The summed E-state index contributed by atoms with van der Waals surface area (Å²) in [4.78, 5) is 41.0. The molecule has 3 rings (SSSR count). The summed E-state index contributed by atoms with van der Waals surface area (Å²) in [6.07, 6.45) is 1.28. The smallest absolute Gasteiger partial charge is 0.263 e. The van der Waals surface area contributed by atoms with E-state index in [9.17, 15) is 14.4 Å². The fourth-order valence-electron chi connectivity index (χ4n) is 3.67. The number of hydrogen-bond acceptors (Lipinski definition) is 4. The summed E-state index contributed by atoms with van der Waals surface area (Å²) in [6.45, 7) is 5.68. The normalized spacial score (nSPS) is 15.5. The molecule has 1 aliphatic heterocycles. The van der Waals surface area contributed by atoms with E-state index in [1.54, 1.807) is 24.3 Å². The molecule has 1 aromatic heterocycles. The van der Waals surface area contributed by atoms with Crippen molar-refractivity contribution in [1.82, 2.24) is 15.5 Å². The standard InChI is InChI=1S/C23H28ClN3O3S/c1-15(2)14-25-22(29)20(26-21(28)17-6-3-4-7-18(17)24)16-9-11-27(12-10-16)23(30)19-8-5-13-31-19/h3-8,13,15-16,20H,9-12,14H2,1-2H3,(H,25,29)(H,26,28)/t20-/m1/s1. The third-order valence-corrected chi connectivity index (χ3v) is 6.59. The SMILES string of the molecule is CC(C)CNC(=O)[C@H](NC(=O)c1ccccc1Cl)C1CCN(C(=O)c2cccs2)CC1. The number of carbonyl (C=O) groups excluding carboxylic acids is 3. The maximum atomic E-state index is 13.0. The van der Waals surface area contributed by atoms with Crippen LogP contribution in [0.3, 0.4) is 0 Å². The van der Waals surface area contributed by atoms with Gasteiger partial charge >= 0.3 is 0 Å². The monoisotopic (exact) mass is 461 g/mol. The lowest BCUT2D eigenvalue weighted by atomic mass is 9.88. The summed E-state index contributed by atoms with van der Waals surface area (Å²) in [6, 6.07) is 9.80. The molecule has 2 aromatic rings. The average Bonchev–Trinajstić information content (AvgIpc) is 3.30. The molecule has 0 bridgehead atoms. The third kappa shape index (κ3) is 6.08. The van der Waals surface area contributed by atoms with Crippen LogP contribution in [-0.2, 0) is 4.79 Å². The second-order valence-electron chi connectivity index (χ2n) is 8.18. The number of piperidine rings is 1. The molecular formula is C23H28ClN3O3S. The molecule has 2 heterocycles. The molecule has 1 atom stereocenters. The Labute approximate surface area is 192 Å². The molecule has 3 amide bonds. The van der Waals surface area contributed by atoms with Crippen molar-refractivity contribution in [2.75, 3.05) is 19.6 Å². The van der Waals surface area contributed by atoms with Gasteiger partial charge < -0.3 is 15.5 Å². The van der Waals surface area contributed by atoms with Crippen LogP contribution in [0.5, 0.6) is 0 Å². The first-order valence-corrected chi connectivity index (χ1v) is 11.8. The minimum Gasteiger partial charge on any atom is -0.354 e. The Morgan fingerprint density at radius 3 is 2.45 bits per heavy atom. The Bertz CT molecular complexity index is 909. The molecule has 0 saturated carbocycles. The molecule has 1 saturated heterocycles. The van der Waals surface area contributed by atoms with E-state index < -0.39 is 6.04 Å².